The minimum absolute atomic E-state index is 0.264. The van der Waals surface area contributed by atoms with Crippen LogP contribution in [0, 0.1) is 6.92 Å². The molecule has 7 heteroatoms. The number of nitrogens with zero attached hydrogens (tertiary/aromatic N) is 2. The maximum atomic E-state index is 12.7. The van der Waals surface area contributed by atoms with Crippen molar-refractivity contribution in [2.75, 3.05) is 5.32 Å². The number of pyridine rings is 1. The van der Waals surface area contributed by atoms with Crippen molar-refractivity contribution < 1.29 is 14.0 Å². The van der Waals surface area contributed by atoms with Crippen LogP contribution in [0.3, 0.4) is 0 Å². The van der Waals surface area contributed by atoms with Crippen LogP contribution in [0.5, 0.6) is 0 Å². The van der Waals surface area contributed by atoms with Gasteiger partial charge in [0, 0.05) is 12.4 Å². The van der Waals surface area contributed by atoms with Gasteiger partial charge in [-0.15, -0.1) is 0 Å². The van der Waals surface area contributed by atoms with Crippen LogP contribution in [0.1, 0.15) is 32.2 Å². The van der Waals surface area contributed by atoms with E-state index in [-0.39, 0.29) is 24.1 Å². The fourth-order valence-electron chi connectivity index (χ4n) is 2.85. The summed E-state index contributed by atoms with van der Waals surface area (Å²) < 4.78 is 7.00. The molecule has 2 amide bonds. The van der Waals surface area contributed by atoms with Gasteiger partial charge in [0.15, 0.2) is 0 Å². The van der Waals surface area contributed by atoms with Crippen molar-refractivity contribution in [3.05, 3.63) is 89.8 Å². The summed E-state index contributed by atoms with van der Waals surface area (Å²) in [4.78, 5) is 29.5. The summed E-state index contributed by atoms with van der Waals surface area (Å²) in [6.45, 7) is 2.23. The van der Waals surface area contributed by atoms with E-state index in [0.717, 1.165) is 5.56 Å². The van der Waals surface area contributed by atoms with Crippen LogP contribution in [0.4, 0.5) is 5.69 Å². The molecule has 0 spiro atoms. The Hall–Kier alpha value is -3.87. The number of carbonyl (C=O) groups excluding carboxylic acids is 2. The van der Waals surface area contributed by atoms with E-state index in [0.29, 0.717) is 22.7 Å². The minimum atomic E-state index is -0.382. The van der Waals surface area contributed by atoms with Gasteiger partial charge >= 0.3 is 0 Å². The van der Waals surface area contributed by atoms with Gasteiger partial charge in [0.2, 0.25) is 0 Å². The number of rotatable bonds is 5. The van der Waals surface area contributed by atoms with E-state index < -0.39 is 0 Å². The molecule has 7 nitrogen and oxygen atoms in total. The van der Waals surface area contributed by atoms with Crippen molar-refractivity contribution in [3.8, 4) is 0 Å². The molecule has 4 aromatic rings. The highest BCUT2D eigenvalue weighted by molar-refractivity contribution is 6.08. The highest BCUT2D eigenvalue weighted by atomic mass is 16.3. The van der Waals surface area contributed by atoms with Crippen LogP contribution < -0.4 is 10.6 Å². The third kappa shape index (κ3) is 3.64. The number of nitrogens with one attached hydrogen (secondary N) is 2. The minimum Gasteiger partial charge on any atom is -0.467 e. The molecule has 0 saturated heterocycles. The molecule has 0 aliphatic heterocycles. The van der Waals surface area contributed by atoms with Crippen molar-refractivity contribution in [1.29, 1.82) is 0 Å². The van der Waals surface area contributed by atoms with Crippen LogP contribution >= 0.6 is 0 Å². The van der Waals surface area contributed by atoms with Gasteiger partial charge < -0.3 is 19.5 Å². The number of anilines is 1. The van der Waals surface area contributed by atoms with Crippen molar-refractivity contribution in [3.63, 3.8) is 0 Å². The molecular formula is C21H18N4O3. The van der Waals surface area contributed by atoms with Gasteiger partial charge in [-0.3, -0.25) is 9.59 Å². The van der Waals surface area contributed by atoms with Crippen molar-refractivity contribution in [2.45, 2.75) is 13.5 Å². The second-order valence-corrected chi connectivity index (χ2v) is 6.36. The summed E-state index contributed by atoms with van der Waals surface area (Å²) in [5.41, 5.74) is 2.80. The Morgan fingerprint density at radius 3 is 2.79 bits per heavy atom. The van der Waals surface area contributed by atoms with Gasteiger partial charge in [-0.1, -0.05) is 12.1 Å². The zero-order valence-electron chi connectivity index (χ0n) is 15.2. The van der Waals surface area contributed by atoms with Gasteiger partial charge in [0.1, 0.15) is 17.1 Å². The Balaban J connectivity index is 1.52. The number of hydrogen-bond acceptors (Lipinski definition) is 4. The Morgan fingerprint density at radius 2 is 1.96 bits per heavy atom. The fraction of sp³-hybridized carbons (Fsp3) is 0.0952. The predicted octanol–water partition coefficient (Wildman–Crippen LogP) is 3.42. The lowest BCUT2D eigenvalue weighted by Gasteiger charge is -2.10. The molecule has 0 aliphatic carbocycles. The first kappa shape index (κ1) is 17.5. The number of hydrogen-bond donors (Lipinski definition) is 2. The zero-order valence-corrected chi connectivity index (χ0v) is 15.2. The molecule has 28 heavy (non-hydrogen) atoms. The Kier molecular flexibility index (Phi) is 4.63. The van der Waals surface area contributed by atoms with Crippen LogP contribution in [0.25, 0.3) is 5.65 Å². The standard InChI is InChI=1S/C21H18N4O3/c1-14-8-9-25-13-18(23-19(25)11-14)21(27)24-17-7-3-2-6-16(17)20(26)22-12-15-5-4-10-28-15/h2-11,13H,12H2,1H3,(H,22,26)(H,24,27). The van der Waals surface area contributed by atoms with Gasteiger partial charge in [0.25, 0.3) is 11.8 Å². The summed E-state index contributed by atoms with van der Waals surface area (Å²) in [5, 5.41) is 5.56. The molecule has 0 atom stereocenters. The molecule has 1 aromatic carbocycles. The van der Waals surface area contributed by atoms with Crippen LogP contribution in [0.2, 0.25) is 0 Å². The monoisotopic (exact) mass is 374 g/mol. The van der Waals surface area contributed by atoms with E-state index in [1.807, 2.05) is 25.3 Å². The fourth-order valence-corrected chi connectivity index (χ4v) is 2.85. The van der Waals surface area contributed by atoms with E-state index >= 15 is 0 Å². The van der Waals surface area contributed by atoms with E-state index in [9.17, 15) is 9.59 Å². The van der Waals surface area contributed by atoms with E-state index in [4.69, 9.17) is 4.42 Å². The van der Waals surface area contributed by atoms with Crippen LogP contribution in [-0.4, -0.2) is 21.2 Å². The first-order valence-corrected chi connectivity index (χ1v) is 8.76. The molecule has 0 saturated carbocycles. The zero-order chi connectivity index (χ0) is 19.5. The molecule has 0 aliphatic rings. The summed E-state index contributed by atoms with van der Waals surface area (Å²) >= 11 is 0. The SMILES string of the molecule is Cc1ccn2cc(C(=O)Nc3ccccc3C(=O)NCc3ccco3)nc2c1. The highest BCUT2D eigenvalue weighted by Gasteiger charge is 2.16. The molecule has 0 fully saturated rings. The van der Waals surface area contributed by atoms with E-state index in [1.54, 1.807) is 53.3 Å². The molecule has 2 N–H and O–H groups in total. The molecule has 3 aromatic heterocycles. The number of amides is 2. The molecular weight excluding hydrogens is 356 g/mol. The average molecular weight is 374 g/mol. The predicted molar refractivity (Wildman–Crippen MR) is 104 cm³/mol. The molecule has 0 bridgehead atoms. The normalized spacial score (nSPS) is 10.8. The Morgan fingerprint density at radius 1 is 1.11 bits per heavy atom. The largest absolute Gasteiger partial charge is 0.467 e. The number of carbonyl (C=O) groups is 2. The number of benzene rings is 1. The summed E-state index contributed by atoms with van der Waals surface area (Å²) in [7, 11) is 0. The van der Waals surface area contributed by atoms with E-state index in [1.165, 1.54) is 0 Å². The Labute approximate surface area is 161 Å². The topological polar surface area (TPSA) is 88.6 Å². The van der Waals surface area contributed by atoms with Gasteiger partial charge in [-0.2, -0.15) is 0 Å². The van der Waals surface area contributed by atoms with Gasteiger partial charge in [-0.25, -0.2) is 4.98 Å². The molecule has 0 radical (unpaired) electrons. The second kappa shape index (κ2) is 7.40. The molecule has 3 heterocycles. The van der Waals surface area contributed by atoms with Gasteiger partial charge in [0.05, 0.1) is 24.1 Å². The number of imidazole rings is 1. The molecule has 4 rings (SSSR count). The van der Waals surface area contributed by atoms with Crippen molar-refractivity contribution in [2.24, 2.45) is 0 Å². The maximum Gasteiger partial charge on any atom is 0.275 e. The summed E-state index contributed by atoms with van der Waals surface area (Å²) in [6.07, 6.45) is 5.06. The van der Waals surface area contributed by atoms with Crippen LogP contribution in [0.15, 0.2) is 71.6 Å². The maximum absolute atomic E-state index is 12.7. The summed E-state index contributed by atoms with van der Waals surface area (Å²) in [5.74, 6) is -0.0413. The second-order valence-electron chi connectivity index (χ2n) is 6.36. The first-order chi connectivity index (χ1) is 13.6. The van der Waals surface area contributed by atoms with Gasteiger partial charge in [-0.05, 0) is 48.9 Å². The number of para-hydroxylation sites is 1. The molecule has 140 valence electrons. The van der Waals surface area contributed by atoms with Crippen molar-refractivity contribution >= 4 is 23.1 Å². The number of fused-ring (bicyclic) bond motifs is 1. The lowest BCUT2D eigenvalue weighted by molar-refractivity contribution is 0.0949. The smallest absolute Gasteiger partial charge is 0.275 e. The number of furan rings is 1. The quantitative estimate of drug-likeness (QED) is 0.560. The Bertz CT molecular complexity index is 1150. The number of aryl methyl sites for hydroxylation is 1. The average Bonchev–Trinajstić information content (AvgIpc) is 3.35. The number of aromatic nitrogens is 2. The third-order valence-electron chi connectivity index (χ3n) is 4.27. The van der Waals surface area contributed by atoms with E-state index in [2.05, 4.69) is 15.6 Å². The lowest BCUT2D eigenvalue weighted by atomic mass is 10.1. The molecule has 0 unspecified atom stereocenters. The lowest BCUT2D eigenvalue weighted by Crippen LogP contribution is -2.24. The van der Waals surface area contributed by atoms with Crippen LogP contribution in [-0.2, 0) is 6.54 Å². The third-order valence-corrected chi connectivity index (χ3v) is 4.27. The van der Waals surface area contributed by atoms with Crippen molar-refractivity contribution in [1.82, 2.24) is 14.7 Å². The highest BCUT2D eigenvalue weighted by Crippen LogP contribution is 2.17. The summed E-state index contributed by atoms with van der Waals surface area (Å²) in [6, 6.07) is 14.2. The first-order valence-electron chi connectivity index (χ1n) is 8.76.